The first-order chi connectivity index (χ1) is 8.95. The maximum absolute atomic E-state index is 11.3. The molecule has 1 aliphatic heterocycles. The van der Waals surface area contributed by atoms with Crippen molar-refractivity contribution in [2.75, 3.05) is 0 Å². The Hall–Kier alpha value is -1.51. The monoisotopic (exact) mass is 262 g/mol. The molecule has 0 aromatic heterocycles. The lowest BCUT2D eigenvalue weighted by molar-refractivity contribution is -0.143. The van der Waals surface area contributed by atoms with Gasteiger partial charge in [-0.05, 0) is 37.3 Å². The molecule has 1 heterocycles. The van der Waals surface area contributed by atoms with Gasteiger partial charge >= 0.3 is 5.97 Å². The highest BCUT2D eigenvalue weighted by atomic mass is 16.5. The van der Waals surface area contributed by atoms with Crippen LogP contribution in [0.25, 0.3) is 0 Å². The molecule has 19 heavy (non-hydrogen) atoms. The van der Waals surface area contributed by atoms with Gasteiger partial charge < -0.3 is 9.84 Å². The van der Waals surface area contributed by atoms with Crippen molar-refractivity contribution in [1.82, 2.24) is 0 Å². The van der Waals surface area contributed by atoms with Crippen molar-refractivity contribution >= 4 is 5.97 Å². The van der Waals surface area contributed by atoms with Crippen molar-refractivity contribution in [2.45, 2.75) is 46.1 Å². The molecule has 3 nitrogen and oxygen atoms in total. The largest absolute Gasteiger partial charge is 0.490 e. The lowest BCUT2D eigenvalue weighted by Gasteiger charge is -2.18. The molecule has 3 heteroatoms. The van der Waals surface area contributed by atoms with E-state index in [0.717, 1.165) is 12.2 Å². The molecule has 104 valence electrons. The molecule has 2 unspecified atom stereocenters. The minimum atomic E-state index is -0.704. The second-order valence-electron chi connectivity index (χ2n) is 5.96. The number of hydrogen-bond donors (Lipinski definition) is 1. The first kappa shape index (κ1) is 13.9. The van der Waals surface area contributed by atoms with Crippen LogP contribution in [0, 0.1) is 18.8 Å². The van der Waals surface area contributed by atoms with Crippen molar-refractivity contribution in [3.63, 3.8) is 0 Å². The number of rotatable bonds is 5. The fourth-order valence-corrected chi connectivity index (χ4v) is 2.76. The molecule has 1 aromatic rings. The molecule has 0 fully saturated rings. The van der Waals surface area contributed by atoms with Crippen LogP contribution in [0.2, 0.25) is 0 Å². The Morgan fingerprint density at radius 1 is 1.47 bits per heavy atom. The van der Waals surface area contributed by atoms with Crippen LogP contribution in [0.5, 0.6) is 5.75 Å². The van der Waals surface area contributed by atoms with Crippen LogP contribution in [0.15, 0.2) is 18.2 Å². The van der Waals surface area contributed by atoms with Gasteiger partial charge in [-0.1, -0.05) is 31.5 Å². The van der Waals surface area contributed by atoms with E-state index in [2.05, 4.69) is 26.8 Å². The van der Waals surface area contributed by atoms with Crippen molar-refractivity contribution in [3.05, 3.63) is 29.3 Å². The summed E-state index contributed by atoms with van der Waals surface area (Å²) in [6.07, 6.45) is 2.15. The Morgan fingerprint density at radius 3 is 2.84 bits per heavy atom. The SMILES string of the molecule is Cc1ccc2c(c1)CC(CC(CC(C)C)C(=O)O)O2. The third kappa shape index (κ3) is 3.49. The van der Waals surface area contributed by atoms with Crippen LogP contribution in [-0.2, 0) is 11.2 Å². The average molecular weight is 262 g/mol. The summed E-state index contributed by atoms with van der Waals surface area (Å²) >= 11 is 0. The van der Waals surface area contributed by atoms with Gasteiger partial charge in [0.1, 0.15) is 11.9 Å². The molecule has 0 bridgehead atoms. The second-order valence-corrected chi connectivity index (χ2v) is 5.96. The van der Waals surface area contributed by atoms with E-state index in [0.29, 0.717) is 18.8 Å². The maximum Gasteiger partial charge on any atom is 0.306 e. The molecular formula is C16H22O3. The first-order valence-electron chi connectivity index (χ1n) is 6.94. The summed E-state index contributed by atoms with van der Waals surface area (Å²) in [5.41, 5.74) is 2.43. The van der Waals surface area contributed by atoms with Gasteiger partial charge in [0.2, 0.25) is 0 Å². The Labute approximate surface area is 114 Å². The normalized spacial score (nSPS) is 19.1. The second kappa shape index (κ2) is 5.64. The van der Waals surface area contributed by atoms with Crippen LogP contribution in [0.3, 0.4) is 0 Å². The number of benzene rings is 1. The zero-order valence-electron chi connectivity index (χ0n) is 11.8. The van der Waals surface area contributed by atoms with Crippen LogP contribution >= 0.6 is 0 Å². The zero-order chi connectivity index (χ0) is 14.0. The highest BCUT2D eigenvalue weighted by Gasteiger charge is 2.29. The number of carbonyl (C=O) groups is 1. The fraction of sp³-hybridized carbons (Fsp3) is 0.562. The molecule has 0 spiro atoms. The molecule has 1 aromatic carbocycles. The highest BCUT2D eigenvalue weighted by Crippen LogP contribution is 2.33. The summed E-state index contributed by atoms with van der Waals surface area (Å²) in [5, 5.41) is 9.29. The number of carboxylic acids is 1. The predicted octanol–water partition coefficient (Wildman–Crippen LogP) is 3.44. The van der Waals surface area contributed by atoms with Crippen LogP contribution in [0.1, 0.15) is 37.8 Å². The van der Waals surface area contributed by atoms with Crippen molar-refractivity contribution in [1.29, 1.82) is 0 Å². The minimum absolute atomic E-state index is 0.0108. The lowest BCUT2D eigenvalue weighted by Crippen LogP contribution is -2.24. The maximum atomic E-state index is 11.3. The van der Waals surface area contributed by atoms with Gasteiger partial charge in [0, 0.05) is 6.42 Å². The molecule has 0 aliphatic carbocycles. The van der Waals surface area contributed by atoms with Crippen molar-refractivity contribution < 1.29 is 14.6 Å². The number of carboxylic acid groups (broad SMARTS) is 1. The van der Waals surface area contributed by atoms with E-state index in [1.807, 2.05) is 12.1 Å². The van der Waals surface area contributed by atoms with Gasteiger partial charge in [-0.25, -0.2) is 0 Å². The summed E-state index contributed by atoms with van der Waals surface area (Å²) in [6.45, 7) is 6.18. The Morgan fingerprint density at radius 2 is 2.21 bits per heavy atom. The third-order valence-corrected chi connectivity index (χ3v) is 3.61. The van der Waals surface area contributed by atoms with Crippen LogP contribution in [0.4, 0.5) is 0 Å². The van der Waals surface area contributed by atoms with Gasteiger partial charge in [-0.2, -0.15) is 0 Å². The summed E-state index contributed by atoms with van der Waals surface area (Å²) in [4.78, 5) is 11.3. The number of aliphatic carboxylic acids is 1. The van der Waals surface area contributed by atoms with Crippen LogP contribution < -0.4 is 4.74 Å². The van der Waals surface area contributed by atoms with E-state index in [1.165, 1.54) is 11.1 Å². The molecular weight excluding hydrogens is 240 g/mol. The average Bonchev–Trinajstić information content (AvgIpc) is 2.68. The summed E-state index contributed by atoms with van der Waals surface area (Å²) < 4.78 is 5.86. The Balaban J connectivity index is 2.00. The topological polar surface area (TPSA) is 46.5 Å². The number of aryl methyl sites for hydroxylation is 1. The van der Waals surface area contributed by atoms with Gasteiger partial charge in [0.05, 0.1) is 5.92 Å². The molecule has 2 rings (SSSR count). The fourth-order valence-electron chi connectivity index (χ4n) is 2.76. The summed E-state index contributed by atoms with van der Waals surface area (Å²) in [5.74, 6) is 0.307. The van der Waals surface area contributed by atoms with E-state index in [9.17, 15) is 9.90 Å². The quantitative estimate of drug-likeness (QED) is 0.884. The Bertz CT molecular complexity index is 465. The van der Waals surface area contributed by atoms with Gasteiger partial charge in [0.25, 0.3) is 0 Å². The Kier molecular flexibility index (Phi) is 4.13. The molecule has 1 aliphatic rings. The zero-order valence-corrected chi connectivity index (χ0v) is 11.8. The molecule has 0 saturated heterocycles. The molecule has 2 atom stereocenters. The highest BCUT2D eigenvalue weighted by molar-refractivity contribution is 5.70. The molecule has 0 amide bonds. The van der Waals surface area contributed by atoms with Gasteiger partial charge in [-0.15, -0.1) is 0 Å². The third-order valence-electron chi connectivity index (χ3n) is 3.61. The van der Waals surface area contributed by atoms with E-state index in [-0.39, 0.29) is 12.0 Å². The van der Waals surface area contributed by atoms with Gasteiger partial charge in [0.15, 0.2) is 0 Å². The van der Waals surface area contributed by atoms with E-state index < -0.39 is 5.97 Å². The lowest BCUT2D eigenvalue weighted by atomic mass is 9.91. The van der Waals surface area contributed by atoms with E-state index in [1.54, 1.807) is 0 Å². The number of fused-ring (bicyclic) bond motifs is 1. The summed E-state index contributed by atoms with van der Waals surface area (Å²) in [7, 11) is 0. The summed E-state index contributed by atoms with van der Waals surface area (Å²) in [6, 6.07) is 6.15. The van der Waals surface area contributed by atoms with Crippen molar-refractivity contribution in [3.8, 4) is 5.75 Å². The van der Waals surface area contributed by atoms with Gasteiger partial charge in [-0.3, -0.25) is 4.79 Å². The van der Waals surface area contributed by atoms with Crippen molar-refractivity contribution in [2.24, 2.45) is 11.8 Å². The van der Waals surface area contributed by atoms with E-state index >= 15 is 0 Å². The predicted molar refractivity (Wildman–Crippen MR) is 74.5 cm³/mol. The number of ether oxygens (including phenoxy) is 1. The standard InChI is InChI=1S/C16H22O3/c1-10(2)6-13(16(17)18)9-14-8-12-7-11(3)4-5-15(12)19-14/h4-5,7,10,13-14H,6,8-9H2,1-3H3,(H,17,18). The first-order valence-corrected chi connectivity index (χ1v) is 6.94. The molecule has 0 saturated carbocycles. The van der Waals surface area contributed by atoms with Crippen LogP contribution in [-0.4, -0.2) is 17.2 Å². The molecule has 1 N–H and O–H groups in total. The smallest absolute Gasteiger partial charge is 0.306 e. The van der Waals surface area contributed by atoms with E-state index in [4.69, 9.17) is 4.74 Å². The molecule has 0 radical (unpaired) electrons. The number of hydrogen-bond acceptors (Lipinski definition) is 2. The minimum Gasteiger partial charge on any atom is -0.490 e.